The first-order chi connectivity index (χ1) is 14.1. The van der Waals surface area contributed by atoms with Crippen LogP contribution in [0.25, 0.3) is 22.3 Å². The molecule has 0 bridgehead atoms. The molecule has 0 aliphatic carbocycles. The van der Waals surface area contributed by atoms with Gasteiger partial charge < -0.3 is 13.9 Å². The van der Waals surface area contributed by atoms with E-state index in [-0.39, 0.29) is 17.8 Å². The molecule has 4 aromatic rings. The Kier molecular flexibility index (Phi) is 5.28. The Morgan fingerprint density at radius 3 is 2.48 bits per heavy atom. The monoisotopic (exact) mass is 406 g/mol. The number of halogens is 1. The average Bonchev–Trinajstić information content (AvgIpc) is 2.74. The predicted molar refractivity (Wildman–Crippen MR) is 115 cm³/mol. The standard InChI is InChI=1S/C24H19ClO4/c1-15-7-12-21-19(13-15)22(26)24(28-14-17-5-3-4-6-20(17)25)23(29-21)16-8-10-18(27-2)11-9-16/h3-13H,14H2,1-2H3. The Hall–Kier alpha value is -3.24. The van der Waals surface area contributed by atoms with E-state index in [1.165, 1.54) is 0 Å². The fourth-order valence-electron chi connectivity index (χ4n) is 3.12. The van der Waals surface area contributed by atoms with Crippen molar-refractivity contribution in [3.63, 3.8) is 0 Å². The van der Waals surface area contributed by atoms with E-state index in [4.69, 9.17) is 25.5 Å². The van der Waals surface area contributed by atoms with Gasteiger partial charge in [0.2, 0.25) is 11.2 Å². The van der Waals surface area contributed by atoms with Gasteiger partial charge in [-0.05, 0) is 49.4 Å². The zero-order valence-corrected chi connectivity index (χ0v) is 16.8. The summed E-state index contributed by atoms with van der Waals surface area (Å²) >= 11 is 6.24. The van der Waals surface area contributed by atoms with Crippen LogP contribution in [0.15, 0.2) is 75.9 Å². The Morgan fingerprint density at radius 2 is 1.76 bits per heavy atom. The Morgan fingerprint density at radius 1 is 1.00 bits per heavy atom. The zero-order valence-electron chi connectivity index (χ0n) is 16.1. The molecule has 1 heterocycles. The van der Waals surface area contributed by atoms with Crippen molar-refractivity contribution in [3.8, 4) is 22.8 Å². The van der Waals surface area contributed by atoms with Crippen molar-refractivity contribution in [3.05, 3.63) is 93.1 Å². The first kappa shape index (κ1) is 19.1. The second-order valence-corrected chi connectivity index (χ2v) is 7.10. The molecule has 0 spiro atoms. The number of hydrogen-bond acceptors (Lipinski definition) is 4. The smallest absolute Gasteiger partial charge is 0.235 e. The van der Waals surface area contributed by atoms with Gasteiger partial charge in [-0.15, -0.1) is 0 Å². The minimum absolute atomic E-state index is 0.158. The van der Waals surface area contributed by atoms with Crippen LogP contribution >= 0.6 is 11.6 Å². The molecule has 0 N–H and O–H groups in total. The maximum Gasteiger partial charge on any atom is 0.235 e. The van der Waals surface area contributed by atoms with Gasteiger partial charge >= 0.3 is 0 Å². The van der Waals surface area contributed by atoms with Gasteiger partial charge in [0.25, 0.3) is 0 Å². The molecule has 1 aromatic heterocycles. The van der Waals surface area contributed by atoms with E-state index in [2.05, 4.69) is 0 Å². The van der Waals surface area contributed by atoms with Crippen molar-refractivity contribution in [2.75, 3.05) is 7.11 Å². The normalized spacial score (nSPS) is 10.9. The van der Waals surface area contributed by atoms with Crippen LogP contribution in [0, 0.1) is 6.92 Å². The molecular weight excluding hydrogens is 388 g/mol. The van der Waals surface area contributed by atoms with Gasteiger partial charge in [-0.25, -0.2) is 0 Å². The summed E-state index contributed by atoms with van der Waals surface area (Å²) in [4.78, 5) is 13.3. The van der Waals surface area contributed by atoms with Gasteiger partial charge in [0.15, 0.2) is 5.76 Å². The van der Waals surface area contributed by atoms with E-state index >= 15 is 0 Å². The summed E-state index contributed by atoms with van der Waals surface area (Å²) in [7, 11) is 1.60. The van der Waals surface area contributed by atoms with Gasteiger partial charge in [-0.3, -0.25) is 4.79 Å². The molecule has 0 aliphatic heterocycles. The molecule has 0 fully saturated rings. The minimum Gasteiger partial charge on any atom is -0.497 e. The number of aryl methyl sites for hydroxylation is 1. The van der Waals surface area contributed by atoms with Crippen LogP contribution in [0.3, 0.4) is 0 Å². The van der Waals surface area contributed by atoms with Crippen molar-refractivity contribution < 1.29 is 13.9 Å². The lowest BCUT2D eigenvalue weighted by Gasteiger charge is -2.13. The van der Waals surface area contributed by atoms with E-state index in [1.54, 1.807) is 25.3 Å². The third-order valence-corrected chi connectivity index (χ3v) is 5.05. The molecule has 0 radical (unpaired) electrons. The van der Waals surface area contributed by atoms with E-state index in [1.807, 2.05) is 55.5 Å². The van der Waals surface area contributed by atoms with Crippen molar-refractivity contribution in [1.29, 1.82) is 0 Å². The summed E-state index contributed by atoms with van der Waals surface area (Å²) in [6.45, 7) is 2.09. The van der Waals surface area contributed by atoms with Crippen LogP contribution in [0.5, 0.6) is 11.5 Å². The lowest BCUT2D eigenvalue weighted by Crippen LogP contribution is -2.10. The van der Waals surface area contributed by atoms with E-state index in [9.17, 15) is 4.79 Å². The summed E-state index contributed by atoms with van der Waals surface area (Å²) in [5, 5.41) is 1.07. The highest BCUT2D eigenvalue weighted by atomic mass is 35.5. The molecular formula is C24H19ClO4. The molecule has 0 saturated heterocycles. The van der Waals surface area contributed by atoms with Crippen LogP contribution in [-0.2, 0) is 6.61 Å². The zero-order chi connectivity index (χ0) is 20.4. The Balaban J connectivity index is 1.85. The minimum atomic E-state index is -0.215. The number of fused-ring (bicyclic) bond motifs is 1. The topological polar surface area (TPSA) is 48.7 Å². The van der Waals surface area contributed by atoms with Crippen LogP contribution in [0.4, 0.5) is 0 Å². The summed E-state index contributed by atoms with van der Waals surface area (Å²) in [5.41, 5.74) is 2.78. The molecule has 0 atom stereocenters. The van der Waals surface area contributed by atoms with Gasteiger partial charge in [0.1, 0.15) is 17.9 Å². The summed E-state index contributed by atoms with van der Waals surface area (Å²) < 4.78 is 17.3. The third-order valence-electron chi connectivity index (χ3n) is 4.69. The van der Waals surface area contributed by atoms with E-state index in [0.717, 1.165) is 16.7 Å². The summed E-state index contributed by atoms with van der Waals surface area (Å²) in [5.74, 6) is 1.25. The Labute approximate surface area is 173 Å². The molecule has 5 heteroatoms. The lowest BCUT2D eigenvalue weighted by atomic mass is 10.1. The third kappa shape index (κ3) is 3.84. The first-order valence-corrected chi connectivity index (χ1v) is 9.52. The highest BCUT2D eigenvalue weighted by Crippen LogP contribution is 2.33. The van der Waals surface area contributed by atoms with Gasteiger partial charge in [-0.2, -0.15) is 0 Å². The van der Waals surface area contributed by atoms with Crippen LogP contribution in [0.1, 0.15) is 11.1 Å². The molecule has 4 nitrogen and oxygen atoms in total. The molecule has 146 valence electrons. The lowest BCUT2D eigenvalue weighted by molar-refractivity contribution is 0.298. The maximum absolute atomic E-state index is 13.3. The summed E-state index contributed by atoms with van der Waals surface area (Å²) in [6, 6.07) is 20.2. The van der Waals surface area contributed by atoms with Gasteiger partial charge in [-0.1, -0.05) is 41.4 Å². The number of benzene rings is 3. The number of hydrogen-bond donors (Lipinski definition) is 0. The van der Waals surface area contributed by atoms with Gasteiger partial charge in [0, 0.05) is 16.1 Å². The van der Waals surface area contributed by atoms with Crippen LogP contribution in [0.2, 0.25) is 5.02 Å². The molecule has 3 aromatic carbocycles. The Bertz CT molecular complexity index is 1230. The van der Waals surface area contributed by atoms with Crippen molar-refractivity contribution in [2.45, 2.75) is 13.5 Å². The van der Waals surface area contributed by atoms with Crippen LogP contribution in [-0.4, -0.2) is 7.11 Å². The van der Waals surface area contributed by atoms with Crippen LogP contribution < -0.4 is 14.9 Å². The second kappa shape index (κ2) is 8.02. The first-order valence-electron chi connectivity index (χ1n) is 9.15. The largest absolute Gasteiger partial charge is 0.497 e. The molecule has 0 saturated carbocycles. The SMILES string of the molecule is COc1ccc(-c2oc3ccc(C)cc3c(=O)c2OCc2ccccc2Cl)cc1. The molecule has 0 amide bonds. The quantitative estimate of drug-likeness (QED) is 0.407. The van der Waals surface area contributed by atoms with Crippen molar-refractivity contribution in [2.24, 2.45) is 0 Å². The second-order valence-electron chi connectivity index (χ2n) is 6.70. The molecule has 4 rings (SSSR count). The summed E-state index contributed by atoms with van der Waals surface area (Å²) in [6.07, 6.45) is 0. The van der Waals surface area contributed by atoms with E-state index in [0.29, 0.717) is 27.5 Å². The average molecular weight is 407 g/mol. The fourth-order valence-corrected chi connectivity index (χ4v) is 3.31. The van der Waals surface area contributed by atoms with Gasteiger partial charge in [0.05, 0.1) is 12.5 Å². The number of rotatable bonds is 5. The molecule has 0 unspecified atom stereocenters. The molecule has 0 aliphatic rings. The number of methoxy groups -OCH3 is 1. The van der Waals surface area contributed by atoms with E-state index < -0.39 is 0 Å². The highest BCUT2D eigenvalue weighted by molar-refractivity contribution is 6.31. The fraction of sp³-hybridized carbons (Fsp3) is 0.125. The predicted octanol–water partition coefficient (Wildman–Crippen LogP) is 6.01. The number of ether oxygens (including phenoxy) is 2. The van der Waals surface area contributed by atoms with Crippen molar-refractivity contribution >= 4 is 22.6 Å². The van der Waals surface area contributed by atoms with Crippen molar-refractivity contribution in [1.82, 2.24) is 0 Å². The highest BCUT2D eigenvalue weighted by Gasteiger charge is 2.18. The molecule has 29 heavy (non-hydrogen) atoms. The maximum atomic E-state index is 13.3.